The van der Waals surface area contributed by atoms with Gasteiger partial charge in [-0.2, -0.15) is 9.61 Å². The van der Waals surface area contributed by atoms with Crippen molar-refractivity contribution in [1.82, 2.24) is 19.5 Å². The predicted octanol–water partition coefficient (Wildman–Crippen LogP) is 3.07. The van der Waals surface area contributed by atoms with Crippen molar-refractivity contribution in [3.63, 3.8) is 0 Å². The van der Waals surface area contributed by atoms with E-state index in [1.165, 1.54) is 12.1 Å². The number of aromatic nitrogens is 3. The number of hydrogen-bond donors (Lipinski definition) is 0. The summed E-state index contributed by atoms with van der Waals surface area (Å²) in [4.78, 5) is 21.7. The van der Waals surface area contributed by atoms with Gasteiger partial charge in [0.05, 0.1) is 12.2 Å². The normalized spacial score (nSPS) is 25.0. The summed E-state index contributed by atoms with van der Waals surface area (Å²) in [5.74, 6) is -0.389. The molecular weight excluding hydrogens is 404 g/mol. The van der Waals surface area contributed by atoms with E-state index in [0.717, 1.165) is 17.5 Å². The molecule has 0 radical (unpaired) electrons. The van der Waals surface area contributed by atoms with Gasteiger partial charge in [-0.15, -0.1) is 0 Å². The standard InChI is InChI=1S/C22H21F2N5O2/c23-15-11-14(12-16(24)13-15)17-1-2-20-28(17)21(30)22(31-20)5-9-27(10-6-22)19-4-7-25-18-3-8-26-29(18)19/h3-4,7-8,11-13,17,20H,1-2,5-6,9-10H2/t17-,20+/m0/s1. The van der Waals surface area contributed by atoms with Gasteiger partial charge >= 0.3 is 0 Å². The summed E-state index contributed by atoms with van der Waals surface area (Å²) in [5, 5.41) is 4.35. The molecule has 0 bridgehead atoms. The Kier molecular flexibility index (Phi) is 4.05. The highest BCUT2D eigenvalue weighted by atomic mass is 19.1. The lowest BCUT2D eigenvalue weighted by atomic mass is 9.89. The van der Waals surface area contributed by atoms with Crippen LogP contribution in [0.15, 0.2) is 42.7 Å². The Morgan fingerprint density at radius 3 is 2.58 bits per heavy atom. The molecule has 9 heteroatoms. The summed E-state index contributed by atoms with van der Waals surface area (Å²) in [5.41, 5.74) is 0.392. The molecule has 31 heavy (non-hydrogen) atoms. The van der Waals surface area contributed by atoms with Crippen LogP contribution < -0.4 is 4.90 Å². The fourth-order valence-corrected chi connectivity index (χ4v) is 5.30. The molecule has 0 aliphatic carbocycles. The van der Waals surface area contributed by atoms with E-state index in [1.54, 1.807) is 21.8 Å². The van der Waals surface area contributed by atoms with E-state index >= 15 is 0 Å². The largest absolute Gasteiger partial charge is 0.356 e. The van der Waals surface area contributed by atoms with Crippen LogP contribution in [0, 0.1) is 11.6 Å². The molecule has 3 aliphatic rings. The lowest BCUT2D eigenvalue weighted by Gasteiger charge is -2.38. The number of piperidine rings is 1. The second kappa shape index (κ2) is 6.71. The van der Waals surface area contributed by atoms with Gasteiger partial charge in [0, 0.05) is 44.3 Å². The zero-order valence-electron chi connectivity index (χ0n) is 16.7. The number of halogens is 2. The third-order valence-corrected chi connectivity index (χ3v) is 6.75. The molecule has 1 aromatic carbocycles. The van der Waals surface area contributed by atoms with Gasteiger partial charge in [0.1, 0.15) is 23.7 Å². The number of carbonyl (C=O) groups excluding carboxylic acids is 1. The number of carbonyl (C=O) groups is 1. The molecule has 0 N–H and O–H groups in total. The molecule has 5 heterocycles. The first kappa shape index (κ1) is 18.7. The number of hydrogen-bond acceptors (Lipinski definition) is 5. The molecule has 3 aromatic rings. The molecule has 160 valence electrons. The minimum atomic E-state index is -0.873. The van der Waals surface area contributed by atoms with Crippen LogP contribution in [0.25, 0.3) is 5.65 Å². The first-order valence-corrected chi connectivity index (χ1v) is 10.5. The van der Waals surface area contributed by atoms with Gasteiger partial charge in [-0.3, -0.25) is 4.79 Å². The van der Waals surface area contributed by atoms with Crippen molar-refractivity contribution in [2.45, 2.75) is 43.6 Å². The second-order valence-electron chi connectivity index (χ2n) is 8.47. The topological polar surface area (TPSA) is 63.0 Å². The van der Waals surface area contributed by atoms with Crippen molar-refractivity contribution in [3.8, 4) is 0 Å². The fraction of sp³-hybridized carbons (Fsp3) is 0.409. The SMILES string of the molecule is O=C1N2[C@@H](CC[C@H]2c2cc(F)cc(F)c2)OC12CCN(c1ccnc3ccnn13)CC2. The van der Waals surface area contributed by atoms with Crippen molar-refractivity contribution in [2.24, 2.45) is 0 Å². The third-order valence-electron chi connectivity index (χ3n) is 6.75. The average molecular weight is 425 g/mol. The van der Waals surface area contributed by atoms with E-state index in [0.29, 0.717) is 44.3 Å². The zero-order valence-corrected chi connectivity index (χ0v) is 16.7. The Labute approximate surface area is 177 Å². The summed E-state index contributed by atoms with van der Waals surface area (Å²) in [7, 11) is 0. The van der Waals surface area contributed by atoms with Crippen molar-refractivity contribution >= 4 is 17.4 Å². The predicted molar refractivity (Wildman–Crippen MR) is 107 cm³/mol. The molecule has 1 amide bonds. The number of rotatable bonds is 2. The molecule has 2 aromatic heterocycles. The van der Waals surface area contributed by atoms with Gasteiger partial charge < -0.3 is 14.5 Å². The summed E-state index contributed by atoms with van der Waals surface area (Å²) in [6.45, 7) is 1.29. The Balaban J connectivity index is 1.24. The maximum Gasteiger partial charge on any atom is 0.257 e. The highest BCUT2D eigenvalue weighted by Gasteiger charge is 2.58. The van der Waals surface area contributed by atoms with Crippen molar-refractivity contribution in [3.05, 3.63) is 59.9 Å². The van der Waals surface area contributed by atoms with E-state index in [2.05, 4.69) is 15.0 Å². The van der Waals surface area contributed by atoms with Crippen LogP contribution in [-0.4, -0.2) is 50.3 Å². The van der Waals surface area contributed by atoms with Gasteiger partial charge in [0.15, 0.2) is 11.2 Å². The molecule has 3 fully saturated rings. The summed E-state index contributed by atoms with van der Waals surface area (Å²) >= 11 is 0. The van der Waals surface area contributed by atoms with Gasteiger partial charge in [0.2, 0.25) is 0 Å². The van der Waals surface area contributed by atoms with Crippen molar-refractivity contribution in [2.75, 3.05) is 18.0 Å². The molecule has 0 saturated carbocycles. The molecule has 2 atom stereocenters. The summed E-state index contributed by atoms with van der Waals surface area (Å²) < 4.78 is 35.7. The molecule has 0 unspecified atom stereocenters. The van der Waals surface area contributed by atoms with E-state index in [4.69, 9.17) is 4.74 Å². The van der Waals surface area contributed by atoms with Crippen LogP contribution in [-0.2, 0) is 9.53 Å². The van der Waals surface area contributed by atoms with E-state index in [9.17, 15) is 13.6 Å². The number of anilines is 1. The minimum absolute atomic E-state index is 0.0664. The van der Waals surface area contributed by atoms with Crippen LogP contribution in [0.2, 0.25) is 0 Å². The molecule has 3 saturated heterocycles. The summed E-state index contributed by atoms with van der Waals surface area (Å²) in [6.07, 6.45) is 5.53. The Morgan fingerprint density at radius 1 is 1.03 bits per heavy atom. The van der Waals surface area contributed by atoms with Crippen LogP contribution >= 0.6 is 0 Å². The van der Waals surface area contributed by atoms with Crippen molar-refractivity contribution < 1.29 is 18.3 Å². The second-order valence-corrected chi connectivity index (χ2v) is 8.47. The van der Waals surface area contributed by atoms with E-state index in [1.807, 2.05) is 12.1 Å². The van der Waals surface area contributed by atoms with Crippen LogP contribution in [0.1, 0.15) is 37.3 Å². The first-order chi connectivity index (χ1) is 15.0. The Hall–Kier alpha value is -3.07. The third kappa shape index (κ3) is 2.83. The number of amides is 1. The lowest BCUT2D eigenvalue weighted by Crippen LogP contribution is -2.50. The van der Waals surface area contributed by atoms with Gasteiger partial charge in [-0.05, 0) is 36.6 Å². The zero-order chi connectivity index (χ0) is 21.2. The Morgan fingerprint density at radius 2 is 1.81 bits per heavy atom. The highest BCUT2D eigenvalue weighted by Crippen LogP contribution is 2.48. The van der Waals surface area contributed by atoms with Gasteiger partial charge in [-0.25, -0.2) is 13.8 Å². The average Bonchev–Trinajstić information content (AvgIpc) is 3.45. The first-order valence-electron chi connectivity index (χ1n) is 10.5. The van der Waals surface area contributed by atoms with E-state index < -0.39 is 17.2 Å². The molecule has 6 rings (SSSR count). The number of ether oxygens (including phenoxy) is 1. The van der Waals surface area contributed by atoms with Gasteiger partial charge in [0.25, 0.3) is 5.91 Å². The van der Waals surface area contributed by atoms with E-state index in [-0.39, 0.29) is 18.2 Å². The lowest BCUT2D eigenvalue weighted by molar-refractivity contribution is -0.140. The minimum Gasteiger partial charge on any atom is -0.356 e. The van der Waals surface area contributed by atoms with Gasteiger partial charge in [-0.1, -0.05) is 0 Å². The van der Waals surface area contributed by atoms with Crippen LogP contribution in [0.5, 0.6) is 0 Å². The van der Waals surface area contributed by atoms with Crippen LogP contribution in [0.3, 0.4) is 0 Å². The highest BCUT2D eigenvalue weighted by molar-refractivity contribution is 5.88. The maximum atomic E-state index is 13.8. The molecule has 3 aliphatic heterocycles. The van der Waals surface area contributed by atoms with Crippen molar-refractivity contribution in [1.29, 1.82) is 0 Å². The number of fused-ring (bicyclic) bond motifs is 2. The smallest absolute Gasteiger partial charge is 0.257 e. The summed E-state index contributed by atoms with van der Waals surface area (Å²) in [6, 6.07) is 6.89. The fourth-order valence-electron chi connectivity index (χ4n) is 5.30. The molecular formula is C22H21F2N5O2. The number of nitrogens with zero attached hydrogens (tertiary/aromatic N) is 5. The monoisotopic (exact) mass is 425 g/mol. The maximum absolute atomic E-state index is 13.8. The number of benzene rings is 1. The van der Waals surface area contributed by atoms with Crippen LogP contribution in [0.4, 0.5) is 14.6 Å². The Bertz CT molecular complexity index is 1150. The quantitative estimate of drug-likeness (QED) is 0.632. The molecule has 7 nitrogen and oxygen atoms in total. The molecule has 1 spiro atoms.